The Labute approximate surface area is 124 Å². The van der Waals surface area contributed by atoms with Crippen LogP contribution in [0.2, 0.25) is 0 Å². The lowest BCUT2D eigenvalue weighted by Crippen LogP contribution is -2.34. The lowest BCUT2D eigenvalue weighted by atomic mass is 9.90. The molecule has 19 heavy (non-hydrogen) atoms. The van der Waals surface area contributed by atoms with Crippen LogP contribution >= 0.6 is 22.6 Å². The Morgan fingerprint density at radius 1 is 1.47 bits per heavy atom. The van der Waals surface area contributed by atoms with E-state index in [1.54, 1.807) is 4.90 Å². The van der Waals surface area contributed by atoms with Gasteiger partial charge in [-0.2, -0.15) is 0 Å². The molecule has 0 spiro atoms. The molecule has 1 unspecified atom stereocenters. The number of nitrogens with zero attached hydrogens (tertiary/aromatic N) is 1. The van der Waals surface area contributed by atoms with Crippen LogP contribution in [0.4, 0.5) is 8.78 Å². The van der Waals surface area contributed by atoms with Crippen molar-refractivity contribution in [2.45, 2.75) is 13.3 Å². The van der Waals surface area contributed by atoms with Gasteiger partial charge in [0.15, 0.2) is 11.6 Å². The zero-order chi connectivity index (χ0) is 14.2. The highest BCUT2D eigenvalue weighted by Crippen LogP contribution is 2.30. The maximum Gasteiger partial charge on any atom is 0.255 e. The standard InChI is InChI=1S/C13H15F2IN2O/c1-13(6-17)2-3-18(7-13)12(19)8-4-9(14)10(15)5-11(8)16/h4-5H,2-3,6-7,17H2,1H3. The molecule has 104 valence electrons. The van der Waals surface area contributed by atoms with E-state index < -0.39 is 11.6 Å². The van der Waals surface area contributed by atoms with Crippen molar-refractivity contribution in [3.05, 3.63) is 32.9 Å². The monoisotopic (exact) mass is 380 g/mol. The fraction of sp³-hybridized carbons (Fsp3) is 0.462. The summed E-state index contributed by atoms with van der Waals surface area (Å²) in [6.45, 7) is 3.68. The Balaban J connectivity index is 2.24. The maximum atomic E-state index is 13.3. The fourth-order valence-electron chi connectivity index (χ4n) is 2.22. The number of halogens is 3. The number of carbonyl (C=O) groups excluding carboxylic acids is 1. The van der Waals surface area contributed by atoms with Crippen molar-refractivity contribution < 1.29 is 13.6 Å². The first-order valence-corrected chi connectivity index (χ1v) is 7.08. The van der Waals surface area contributed by atoms with Gasteiger partial charge in [-0.3, -0.25) is 4.79 Å². The van der Waals surface area contributed by atoms with Crippen LogP contribution in [0.15, 0.2) is 12.1 Å². The van der Waals surface area contributed by atoms with Crippen molar-refractivity contribution in [1.82, 2.24) is 4.90 Å². The average molecular weight is 380 g/mol. The molecule has 2 rings (SSSR count). The van der Waals surface area contributed by atoms with Gasteiger partial charge in [-0.25, -0.2) is 8.78 Å². The summed E-state index contributed by atoms with van der Waals surface area (Å²) in [4.78, 5) is 14.0. The van der Waals surface area contributed by atoms with Gasteiger partial charge in [0.1, 0.15) is 0 Å². The van der Waals surface area contributed by atoms with E-state index in [1.807, 2.05) is 29.5 Å². The molecular weight excluding hydrogens is 365 g/mol. The molecule has 1 aliphatic heterocycles. The lowest BCUT2D eigenvalue weighted by Gasteiger charge is -2.23. The molecule has 0 radical (unpaired) electrons. The Bertz CT molecular complexity index is 524. The Hall–Kier alpha value is -0.760. The molecule has 1 aromatic carbocycles. The van der Waals surface area contributed by atoms with Crippen LogP contribution in [0.3, 0.4) is 0 Å². The molecule has 1 aliphatic rings. The summed E-state index contributed by atoms with van der Waals surface area (Å²) in [7, 11) is 0. The summed E-state index contributed by atoms with van der Waals surface area (Å²) < 4.78 is 26.7. The molecular formula is C13H15F2IN2O. The van der Waals surface area contributed by atoms with E-state index in [2.05, 4.69) is 0 Å². The first-order valence-electron chi connectivity index (χ1n) is 6.00. The van der Waals surface area contributed by atoms with Gasteiger partial charge in [0.25, 0.3) is 5.91 Å². The number of carbonyl (C=O) groups is 1. The van der Waals surface area contributed by atoms with E-state index in [4.69, 9.17) is 5.73 Å². The smallest absolute Gasteiger partial charge is 0.255 e. The zero-order valence-corrected chi connectivity index (χ0v) is 12.7. The molecule has 1 heterocycles. The van der Waals surface area contributed by atoms with Gasteiger partial charge in [0.2, 0.25) is 0 Å². The highest BCUT2D eigenvalue weighted by molar-refractivity contribution is 14.1. The van der Waals surface area contributed by atoms with Gasteiger partial charge in [0.05, 0.1) is 5.56 Å². The first-order chi connectivity index (χ1) is 8.86. The summed E-state index contributed by atoms with van der Waals surface area (Å²) in [5.74, 6) is -2.20. The van der Waals surface area contributed by atoms with Gasteiger partial charge >= 0.3 is 0 Å². The molecule has 3 nitrogen and oxygen atoms in total. The second-order valence-electron chi connectivity index (χ2n) is 5.24. The molecule has 1 amide bonds. The minimum Gasteiger partial charge on any atom is -0.338 e. The van der Waals surface area contributed by atoms with Gasteiger partial charge in [-0.15, -0.1) is 0 Å². The highest BCUT2D eigenvalue weighted by Gasteiger charge is 2.35. The van der Waals surface area contributed by atoms with Crippen LogP contribution in [-0.2, 0) is 0 Å². The molecule has 1 aromatic rings. The number of benzene rings is 1. The number of amides is 1. The molecule has 0 saturated carbocycles. The van der Waals surface area contributed by atoms with E-state index in [9.17, 15) is 13.6 Å². The Kier molecular flexibility index (Phi) is 4.10. The predicted octanol–water partition coefficient (Wildman–Crippen LogP) is 2.38. The van der Waals surface area contributed by atoms with Crippen molar-refractivity contribution in [3.63, 3.8) is 0 Å². The number of hydrogen-bond donors (Lipinski definition) is 1. The molecule has 1 fully saturated rings. The minimum absolute atomic E-state index is 0.0837. The van der Waals surface area contributed by atoms with Gasteiger partial charge in [0, 0.05) is 16.7 Å². The van der Waals surface area contributed by atoms with E-state index in [0.717, 1.165) is 18.6 Å². The number of hydrogen-bond acceptors (Lipinski definition) is 2. The lowest BCUT2D eigenvalue weighted by molar-refractivity contribution is 0.0775. The number of nitrogens with two attached hydrogens (primary N) is 1. The van der Waals surface area contributed by atoms with Crippen LogP contribution in [0.1, 0.15) is 23.7 Å². The average Bonchev–Trinajstić information content (AvgIpc) is 2.77. The topological polar surface area (TPSA) is 46.3 Å². The van der Waals surface area contributed by atoms with Crippen LogP contribution in [0.5, 0.6) is 0 Å². The normalized spacial score (nSPS) is 22.9. The molecule has 0 aliphatic carbocycles. The summed E-state index contributed by atoms with van der Waals surface area (Å²) in [6, 6.07) is 2.01. The number of likely N-dealkylation sites (tertiary alicyclic amines) is 1. The predicted molar refractivity (Wildman–Crippen MR) is 76.8 cm³/mol. The molecule has 0 aromatic heterocycles. The highest BCUT2D eigenvalue weighted by atomic mass is 127. The largest absolute Gasteiger partial charge is 0.338 e. The summed E-state index contributed by atoms with van der Waals surface area (Å²) in [5.41, 5.74) is 5.82. The zero-order valence-electron chi connectivity index (χ0n) is 10.5. The Morgan fingerprint density at radius 3 is 2.68 bits per heavy atom. The third kappa shape index (κ3) is 2.89. The van der Waals surface area contributed by atoms with E-state index in [0.29, 0.717) is 23.2 Å². The summed E-state index contributed by atoms with van der Waals surface area (Å²) in [5, 5.41) is 0. The fourth-order valence-corrected chi connectivity index (χ4v) is 2.88. The molecule has 1 atom stereocenters. The first kappa shape index (κ1) is 14.6. The van der Waals surface area contributed by atoms with Crippen LogP contribution in [0, 0.1) is 20.6 Å². The minimum atomic E-state index is -0.996. The third-order valence-electron chi connectivity index (χ3n) is 3.58. The van der Waals surface area contributed by atoms with Crippen molar-refractivity contribution in [2.24, 2.45) is 11.1 Å². The van der Waals surface area contributed by atoms with Gasteiger partial charge in [-0.05, 0) is 53.1 Å². The quantitative estimate of drug-likeness (QED) is 0.633. The molecule has 6 heteroatoms. The van der Waals surface area contributed by atoms with Crippen molar-refractivity contribution in [2.75, 3.05) is 19.6 Å². The van der Waals surface area contributed by atoms with Crippen molar-refractivity contribution in [3.8, 4) is 0 Å². The van der Waals surface area contributed by atoms with E-state index in [1.165, 1.54) is 0 Å². The van der Waals surface area contributed by atoms with E-state index in [-0.39, 0.29) is 16.9 Å². The van der Waals surface area contributed by atoms with Gasteiger partial charge < -0.3 is 10.6 Å². The van der Waals surface area contributed by atoms with Crippen LogP contribution in [0.25, 0.3) is 0 Å². The second-order valence-corrected chi connectivity index (χ2v) is 6.40. The summed E-state index contributed by atoms with van der Waals surface area (Å²) in [6.07, 6.45) is 0.829. The van der Waals surface area contributed by atoms with E-state index >= 15 is 0 Å². The molecule has 0 bridgehead atoms. The molecule has 2 N–H and O–H groups in total. The van der Waals surface area contributed by atoms with Crippen LogP contribution in [-0.4, -0.2) is 30.4 Å². The van der Waals surface area contributed by atoms with Crippen LogP contribution < -0.4 is 5.73 Å². The third-order valence-corrected chi connectivity index (χ3v) is 4.47. The van der Waals surface area contributed by atoms with Gasteiger partial charge in [-0.1, -0.05) is 6.92 Å². The summed E-state index contributed by atoms with van der Waals surface area (Å²) >= 11 is 1.84. The number of rotatable bonds is 2. The Morgan fingerprint density at radius 2 is 2.11 bits per heavy atom. The maximum absolute atomic E-state index is 13.3. The molecule has 1 saturated heterocycles. The second kappa shape index (κ2) is 5.32. The SMILES string of the molecule is CC1(CN)CCN(C(=O)c2cc(F)c(F)cc2I)C1. The van der Waals surface area contributed by atoms with Crippen molar-refractivity contribution in [1.29, 1.82) is 0 Å². The van der Waals surface area contributed by atoms with Crippen molar-refractivity contribution >= 4 is 28.5 Å².